The van der Waals surface area contributed by atoms with Gasteiger partial charge in [0.2, 0.25) is 0 Å². The third-order valence-electron chi connectivity index (χ3n) is 5.31. The lowest BCUT2D eigenvalue weighted by atomic mass is 10.0. The number of aromatic nitrogens is 1. The number of Topliss-reactive ketones (excluding diaryl/α,β-unsaturated/α-hetero) is 1. The first-order chi connectivity index (χ1) is 16.4. The van der Waals surface area contributed by atoms with Gasteiger partial charge in [0.25, 0.3) is 5.91 Å². The van der Waals surface area contributed by atoms with Gasteiger partial charge >= 0.3 is 5.97 Å². The van der Waals surface area contributed by atoms with Gasteiger partial charge in [0.05, 0.1) is 0 Å². The van der Waals surface area contributed by atoms with Crippen LogP contribution < -0.4 is 5.32 Å². The highest BCUT2D eigenvalue weighted by Gasteiger charge is 2.25. The number of nitrogens with one attached hydrogen (secondary N) is 2. The van der Waals surface area contributed by atoms with Crippen molar-refractivity contribution in [2.75, 3.05) is 6.61 Å². The van der Waals surface area contributed by atoms with E-state index >= 15 is 0 Å². The van der Waals surface area contributed by atoms with Crippen molar-refractivity contribution in [1.82, 2.24) is 10.3 Å². The summed E-state index contributed by atoms with van der Waals surface area (Å²) >= 11 is 9.20. The fourth-order valence-corrected chi connectivity index (χ4v) is 3.90. The van der Waals surface area contributed by atoms with E-state index in [-0.39, 0.29) is 12.2 Å². The molecule has 6 nitrogen and oxygen atoms in total. The number of para-hydroxylation sites is 1. The summed E-state index contributed by atoms with van der Waals surface area (Å²) in [6.07, 6.45) is 2.00. The van der Waals surface area contributed by atoms with Crippen LogP contribution >= 0.6 is 27.5 Å². The number of benzene rings is 3. The minimum absolute atomic E-state index is 0.195. The first kappa shape index (κ1) is 23.7. The Kier molecular flexibility index (Phi) is 7.45. The van der Waals surface area contributed by atoms with Crippen LogP contribution in [0.3, 0.4) is 0 Å². The number of halogens is 2. The topological polar surface area (TPSA) is 88.3 Å². The van der Waals surface area contributed by atoms with Crippen LogP contribution in [0.15, 0.2) is 83.5 Å². The number of esters is 1. The summed E-state index contributed by atoms with van der Waals surface area (Å²) in [6.45, 7) is -0.445. The number of carbonyl (C=O) groups is 3. The number of ketones is 1. The van der Waals surface area contributed by atoms with Crippen LogP contribution in [0.5, 0.6) is 0 Å². The Balaban J connectivity index is 1.51. The summed E-state index contributed by atoms with van der Waals surface area (Å²) in [4.78, 5) is 41.4. The molecule has 2 N–H and O–H groups in total. The van der Waals surface area contributed by atoms with Crippen molar-refractivity contribution in [1.29, 1.82) is 0 Å². The second-order valence-corrected chi connectivity index (χ2v) is 8.99. The van der Waals surface area contributed by atoms with Crippen LogP contribution in [0, 0.1) is 0 Å². The van der Waals surface area contributed by atoms with Gasteiger partial charge in [-0.15, -0.1) is 0 Å². The number of hydrogen-bond acceptors (Lipinski definition) is 4. The van der Waals surface area contributed by atoms with Crippen molar-refractivity contribution in [3.63, 3.8) is 0 Å². The Hall–Kier alpha value is -3.42. The molecule has 0 unspecified atom stereocenters. The molecule has 4 aromatic rings. The predicted octanol–water partition coefficient (Wildman–Crippen LogP) is 5.35. The Labute approximate surface area is 209 Å². The second kappa shape index (κ2) is 10.7. The third-order valence-corrected chi connectivity index (χ3v) is 6.09. The molecule has 1 amide bonds. The molecule has 0 saturated carbocycles. The van der Waals surface area contributed by atoms with Crippen molar-refractivity contribution >= 4 is 56.1 Å². The van der Waals surface area contributed by atoms with Crippen LogP contribution in [-0.2, 0) is 16.0 Å². The van der Waals surface area contributed by atoms with Crippen molar-refractivity contribution in [2.24, 2.45) is 0 Å². The molecule has 172 valence electrons. The van der Waals surface area contributed by atoms with Crippen molar-refractivity contribution in [2.45, 2.75) is 12.5 Å². The number of hydrogen-bond donors (Lipinski definition) is 2. The molecular formula is C26H20BrClN2O4. The Morgan fingerprint density at radius 2 is 1.62 bits per heavy atom. The van der Waals surface area contributed by atoms with Crippen molar-refractivity contribution in [3.8, 4) is 0 Å². The highest BCUT2D eigenvalue weighted by atomic mass is 79.9. The minimum Gasteiger partial charge on any atom is -0.456 e. The average molecular weight is 540 g/mol. The molecule has 0 radical (unpaired) electrons. The van der Waals surface area contributed by atoms with E-state index in [9.17, 15) is 14.4 Å². The first-order valence-corrected chi connectivity index (χ1v) is 11.6. The third kappa shape index (κ3) is 5.73. The minimum atomic E-state index is -0.992. The number of rotatable bonds is 8. The molecule has 0 bridgehead atoms. The summed E-state index contributed by atoms with van der Waals surface area (Å²) in [7, 11) is 0. The molecule has 4 rings (SSSR count). The lowest BCUT2D eigenvalue weighted by molar-refractivity contribution is -0.144. The number of aromatic amines is 1. The second-order valence-electron chi connectivity index (χ2n) is 7.63. The Morgan fingerprint density at radius 3 is 2.35 bits per heavy atom. The van der Waals surface area contributed by atoms with E-state index < -0.39 is 24.5 Å². The SMILES string of the molecule is O=C(COC(=O)[C@@H](Cc1c[nH]c2ccccc12)NC(=O)c1ccc(Br)cc1)c1ccc(Cl)cc1. The maximum atomic E-state index is 13.0. The quantitative estimate of drug-likeness (QED) is 0.233. The van der Waals surface area contributed by atoms with Gasteiger partial charge in [-0.1, -0.05) is 45.7 Å². The Bertz CT molecular complexity index is 1330. The monoisotopic (exact) mass is 538 g/mol. The van der Waals surface area contributed by atoms with Crippen LogP contribution in [0.25, 0.3) is 10.9 Å². The molecule has 3 aromatic carbocycles. The molecule has 1 heterocycles. The Morgan fingerprint density at radius 1 is 0.941 bits per heavy atom. The van der Waals surface area contributed by atoms with Crippen molar-refractivity contribution < 1.29 is 19.1 Å². The maximum Gasteiger partial charge on any atom is 0.329 e. The van der Waals surface area contributed by atoms with E-state index in [0.29, 0.717) is 16.1 Å². The zero-order chi connectivity index (χ0) is 24.1. The van der Waals surface area contributed by atoms with E-state index in [1.54, 1.807) is 54.7 Å². The van der Waals surface area contributed by atoms with E-state index in [1.807, 2.05) is 24.3 Å². The van der Waals surface area contributed by atoms with Gasteiger partial charge in [-0.25, -0.2) is 4.79 Å². The van der Waals surface area contributed by atoms with E-state index in [2.05, 4.69) is 26.2 Å². The van der Waals surface area contributed by atoms with Gasteiger partial charge in [-0.05, 0) is 60.2 Å². The molecule has 1 atom stereocenters. The highest BCUT2D eigenvalue weighted by molar-refractivity contribution is 9.10. The number of amides is 1. The zero-order valence-electron chi connectivity index (χ0n) is 17.9. The normalized spacial score (nSPS) is 11.7. The first-order valence-electron chi connectivity index (χ1n) is 10.5. The van der Waals surface area contributed by atoms with Gasteiger partial charge in [0, 0.05) is 44.1 Å². The number of fused-ring (bicyclic) bond motifs is 1. The van der Waals surface area contributed by atoms with Crippen LogP contribution in [0.2, 0.25) is 5.02 Å². The average Bonchev–Trinajstić information content (AvgIpc) is 3.25. The predicted molar refractivity (Wildman–Crippen MR) is 134 cm³/mol. The molecular weight excluding hydrogens is 520 g/mol. The molecule has 8 heteroatoms. The van der Waals surface area contributed by atoms with Crippen LogP contribution in [0.4, 0.5) is 0 Å². The van der Waals surface area contributed by atoms with Gasteiger partial charge in [0.1, 0.15) is 6.04 Å². The fraction of sp³-hybridized carbons (Fsp3) is 0.115. The van der Waals surface area contributed by atoms with E-state index in [4.69, 9.17) is 16.3 Å². The molecule has 0 spiro atoms. The largest absolute Gasteiger partial charge is 0.456 e. The number of H-pyrrole nitrogens is 1. The van der Waals surface area contributed by atoms with Crippen LogP contribution in [-0.4, -0.2) is 35.3 Å². The van der Waals surface area contributed by atoms with Gasteiger partial charge in [0.15, 0.2) is 12.4 Å². The fourth-order valence-electron chi connectivity index (χ4n) is 3.51. The molecule has 0 aliphatic rings. The van der Waals surface area contributed by atoms with E-state index in [1.165, 1.54) is 0 Å². The number of ether oxygens (including phenoxy) is 1. The summed E-state index contributed by atoms with van der Waals surface area (Å²) in [5.41, 5.74) is 2.54. The smallest absolute Gasteiger partial charge is 0.329 e. The van der Waals surface area contributed by atoms with Crippen LogP contribution in [0.1, 0.15) is 26.3 Å². The molecule has 34 heavy (non-hydrogen) atoms. The maximum absolute atomic E-state index is 13.0. The van der Waals surface area contributed by atoms with Gasteiger partial charge in [-0.2, -0.15) is 0 Å². The zero-order valence-corrected chi connectivity index (χ0v) is 20.2. The van der Waals surface area contributed by atoms with Crippen molar-refractivity contribution in [3.05, 3.63) is 105 Å². The summed E-state index contributed by atoms with van der Waals surface area (Å²) < 4.78 is 6.15. The molecule has 0 fully saturated rings. The lowest BCUT2D eigenvalue weighted by Crippen LogP contribution is -2.43. The summed E-state index contributed by atoms with van der Waals surface area (Å²) in [6, 6.07) is 19.8. The lowest BCUT2D eigenvalue weighted by Gasteiger charge is -2.18. The molecule has 0 saturated heterocycles. The molecule has 1 aromatic heterocycles. The number of carbonyl (C=O) groups excluding carboxylic acids is 3. The van der Waals surface area contributed by atoms with E-state index in [0.717, 1.165) is 20.9 Å². The standard InChI is InChI=1S/C26H20BrClN2O4/c27-19-9-5-17(6-10-19)25(32)30-23(13-18-14-29-22-4-2-1-3-21(18)22)26(33)34-15-24(31)16-7-11-20(28)12-8-16/h1-12,14,23,29H,13,15H2,(H,30,32)/t23-/m1/s1. The summed E-state index contributed by atoms with van der Waals surface area (Å²) in [5.74, 6) is -1.48. The summed E-state index contributed by atoms with van der Waals surface area (Å²) in [5, 5.41) is 4.20. The highest BCUT2D eigenvalue weighted by Crippen LogP contribution is 2.20. The molecule has 0 aliphatic carbocycles. The molecule has 0 aliphatic heterocycles. The van der Waals surface area contributed by atoms with Gasteiger partial charge in [-0.3, -0.25) is 9.59 Å². The van der Waals surface area contributed by atoms with Gasteiger partial charge < -0.3 is 15.0 Å².